The maximum atomic E-state index is 14.2. The minimum atomic E-state index is -1.57. The number of allylic oxidation sites excluding steroid dienone is 5. The van der Waals surface area contributed by atoms with Crippen molar-refractivity contribution in [2.45, 2.75) is 85.9 Å². The Hall–Kier alpha value is -2.09. The fraction of sp³-hybridized carbons (Fsp3) is 0.700. The summed E-state index contributed by atoms with van der Waals surface area (Å²) < 4.78 is 0. The Morgan fingerprint density at radius 2 is 1.78 bits per heavy atom. The molecule has 4 aliphatic carbocycles. The molecule has 0 heterocycles. The largest absolute Gasteiger partial charge is 0.505 e. The lowest BCUT2D eigenvalue weighted by Gasteiger charge is -2.63. The zero-order valence-corrected chi connectivity index (χ0v) is 23.1. The van der Waals surface area contributed by atoms with Crippen LogP contribution in [-0.4, -0.2) is 56.1 Å². The van der Waals surface area contributed by atoms with Gasteiger partial charge in [0, 0.05) is 30.1 Å². The van der Waals surface area contributed by atoms with Gasteiger partial charge in [0.1, 0.15) is 5.78 Å². The van der Waals surface area contributed by atoms with Gasteiger partial charge < -0.3 is 20.4 Å². The van der Waals surface area contributed by atoms with E-state index >= 15 is 0 Å². The summed E-state index contributed by atoms with van der Waals surface area (Å²) >= 11 is 0. The second-order valence-electron chi connectivity index (χ2n) is 13.5. The Labute approximate surface area is 219 Å². The third kappa shape index (κ3) is 3.68. The lowest BCUT2D eigenvalue weighted by molar-refractivity contribution is -0.177. The Morgan fingerprint density at radius 1 is 1.16 bits per heavy atom. The molecule has 8 atom stereocenters. The van der Waals surface area contributed by atoms with Crippen molar-refractivity contribution in [1.29, 1.82) is 0 Å². The molecular weight excluding hydrogens is 472 g/mol. The van der Waals surface area contributed by atoms with Crippen LogP contribution in [0.5, 0.6) is 0 Å². The zero-order chi connectivity index (χ0) is 27.9. The van der Waals surface area contributed by atoms with E-state index in [2.05, 4.69) is 6.92 Å². The molecule has 8 unspecified atom stereocenters. The number of rotatable bonds is 5. The van der Waals surface area contributed by atoms with Gasteiger partial charge in [0.25, 0.3) is 0 Å². The maximum absolute atomic E-state index is 14.2. The molecule has 0 bridgehead atoms. The molecule has 0 saturated heterocycles. The number of carbonyl (C=O) groups is 3. The number of Topliss-reactive ketones (excluding diaryl/α,β-unsaturated/α-hetero) is 2. The van der Waals surface area contributed by atoms with Crippen LogP contribution in [0.4, 0.5) is 0 Å². The molecule has 0 amide bonds. The lowest BCUT2D eigenvalue weighted by atomic mass is 9.39. The average molecular weight is 515 g/mol. The van der Waals surface area contributed by atoms with Crippen LogP contribution in [0, 0.1) is 39.4 Å². The monoisotopic (exact) mass is 514 g/mol. The van der Waals surface area contributed by atoms with E-state index < -0.39 is 45.2 Å². The normalized spacial score (nSPS) is 42.7. The number of carbonyl (C=O) groups excluding carboxylic acids is 3. The molecule has 4 N–H and O–H groups in total. The first kappa shape index (κ1) is 27.9. The van der Waals surface area contributed by atoms with Crippen LogP contribution < -0.4 is 0 Å². The third-order valence-corrected chi connectivity index (χ3v) is 10.9. The molecule has 4 aliphatic rings. The molecule has 7 nitrogen and oxygen atoms in total. The quantitative estimate of drug-likeness (QED) is 0.325. The van der Waals surface area contributed by atoms with Crippen molar-refractivity contribution in [3.05, 3.63) is 35.1 Å². The second kappa shape index (κ2) is 8.45. The summed E-state index contributed by atoms with van der Waals surface area (Å²) in [5.41, 5.74) is -3.37. The van der Waals surface area contributed by atoms with Crippen molar-refractivity contribution in [2.75, 3.05) is 6.61 Å². The van der Waals surface area contributed by atoms with Gasteiger partial charge in [-0.2, -0.15) is 0 Å². The fourth-order valence-electron chi connectivity index (χ4n) is 8.91. The first-order chi connectivity index (χ1) is 16.9. The molecule has 4 rings (SSSR count). The average Bonchev–Trinajstić information content (AvgIpc) is 2.97. The molecule has 204 valence electrons. The number of hydrogen-bond acceptors (Lipinski definition) is 7. The highest BCUT2D eigenvalue weighted by Gasteiger charge is 2.73. The van der Waals surface area contributed by atoms with Gasteiger partial charge >= 0.3 is 0 Å². The molecule has 2 fully saturated rings. The third-order valence-electron chi connectivity index (χ3n) is 10.9. The number of hydrogen-bond donors (Lipinski definition) is 4. The molecule has 0 aliphatic heterocycles. The van der Waals surface area contributed by atoms with Crippen LogP contribution in [0.2, 0.25) is 0 Å². The summed E-state index contributed by atoms with van der Waals surface area (Å²) in [7, 11) is 0. The predicted octanol–water partition coefficient (Wildman–Crippen LogP) is 3.62. The fourth-order valence-corrected chi connectivity index (χ4v) is 8.91. The molecule has 0 aromatic carbocycles. The van der Waals surface area contributed by atoms with E-state index in [1.54, 1.807) is 33.8 Å². The van der Waals surface area contributed by atoms with Gasteiger partial charge in [-0.15, -0.1) is 0 Å². The Morgan fingerprint density at radius 3 is 2.38 bits per heavy atom. The maximum Gasteiger partial charge on any atom is 0.206 e. The van der Waals surface area contributed by atoms with Crippen molar-refractivity contribution < 1.29 is 34.8 Å². The molecule has 37 heavy (non-hydrogen) atoms. The molecular formula is C30H42O7. The van der Waals surface area contributed by atoms with Crippen molar-refractivity contribution >= 4 is 17.3 Å². The van der Waals surface area contributed by atoms with E-state index in [-0.39, 0.29) is 48.5 Å². The summed E-state index contributed by atoms with van der Waals surface area (Å²) in [6.07, 6.45) is 4.78. The van der Waals surface area contributed by atoms with Gasteiger partial charge in [0.2, 0.25) is 5.78 Å². The Bertz CT molecular complexity index is 1140. The first-order valence-electron chi connectivity index (χ1n) is 13.3. The van der Waals surface area contributed by atoms with Crippen LogP contribution >= 0.6 is 0 Å². The first-order valence-corrected chi connectivity index (χ1v) is 13.3. The van der Waals surface area contributed by atoms with Gasteiger partial charge in [0.05, 0.1) is 23.7 Å². The molecule has 0 aromatic rings. The summed E-state index contributed by atoms with van der Waals surface area (Å²) in [6, 6.07) is 0. The van der Waals surface area contributed by atoms with Crippen LogP contribution in [0.3, 0.4) is 0 Å². The highest BCUT2D eigenvalue weighted by molar-refractivity contribution is 6.02. The SMILES string of the molecule is CC(=CC(=O)CC(C)(O)C1C(O)CC2(C)C3CC=C4C(C=C(O)C(=O)C4(C)C)C3(C)C(=O)CC12C)CO. The van der Waals surface area contributed by atoms with Crippen molar-refractivity contribution in [2.24, 2.45) is 39.4 Å². The van der Waals surface area contributed by atoms with Crippen molar-refractivity contribution in [3.8, 4) is 0 Å². The van der Waals surface area contributed by atoms with E-state index in [1.165, 1.54) is 6.08 Å². The second-order valence-corrected chi connectivity index (χ2v) is 13.5. The highest BCUT2D eigenvalue weighted by atomic mass is 16.3. The standard InChI is InChI=1S/C30H42O7/c1-16(15-31)10-17(32)12-29(6,37)24-21(34)13-27(4)22-9-8-18-19(11-20(33)25(36)26(18,2)3)30(22,7)23(35)14-28(24,27)5/h8,10-11,19,21-22,24,31,33-34,37H,9,12-15H2,1-7H3. The van der Waals surface area contributed by atoms with E-state index in [0.29, 0.717) is 18.4 Å². The van der Waals surface area contributed by atoms with Crippen LogP contribution in [0.15, 0.2) is 35.1 Å². The van der Waals surface area contributed by atoms with Gasteiger partial charge in [0.15, 0.2) is 11.5 Å². The lowest BCUT2D eigenvalue weighted by Crippen LogP contribution is -2.63. The van der Waals surface area contributed by atoms with E-state index in [4.69, 9.17) is 0 Å². The summed E-state index contributed by atoms with van der Waals surface area (Å²) in [6.45, 7) is 12.5. The van der Waals surface area contributed by atoms with E-state index in [0.717, 1.165) is 5.57 Å². The van der Waals surface area contributed by atoms with Gasteiger partial charge in [-0.25, -0.2) is 0 Å². The number of ketones is 3. The topological polar surface area (TPSA) is 132 Å². The molecule has 7 heteroatoms. The summed E-state index contributed by atoms with van der Waals surface area (Å²) in [5, 5.41) is 42.9. The van der Waals surface area contributed by atoms with Crippen molar-refractivity contribution in [1.82, 2.24) is 0 Å². The summed E-state index contributed by atoms with van der Waals surface area (Å²) in [5.74, 6) is -2.36. The van der Waals surface area contributed by atoms with Crippen LogP contribution in [0.1, 0.15) is 74.1 Å². The van der Waals surface area contributed by atoms with Crippen LogP contribution in [-0.2, 0) is 14.4 Å². The Balaban J connectivity index is 1.79. The van der Waals surface area contributed by atoms with E-state index in [9.17, 15) is 34.8 Å². The van der Waals surface area contributed by atoms with Gasteiger partial charge in [-0.1, -0.05) is 32.4 Å². The smallest absolute Gasteiger partial charge is 0.206 e. The zero-order valence-electron chi connectivity index (χ0n) is 23.1. The van der Waals surface area contributed by atoms with Gasteiger partial charge in [-0.3, -0.25) is 14.4 Å². The van der Waals surface area contributed by atoms with Crippen molar-refractivity contribution in [3.63, 3.8) is 0 Å². The minimum Gasteiger partial charge on any atom is -0.505 e. The Kier molecular flexibility index (Phi) is 6.38. The number of aliphatic hydroxyl groups excluding tert-OH is 3. The minimum absolute atomic E-state index is 0.0143. The summed E-state index contributed by atoms with van der Waals surface area (Å²) in [4.78, 5) is 39.6. The van der Waals surface area contributed by atoms with Gasteiger partial charge in [-0.05, 0) is 75.0 Å². The molecule has 2 saturated carbocycles. The highest BCUT2D eigenvalue weighted by Crippen LogP contribution is 2.73. The number of fused-ring (bicyclic) bond motifs is 5. The van der Waals surface area contributed by atoms with Crippen LogP contribution in [0.25, 0.3) is 0 Å². The predicted molar refractivity (Wildman–Crippen MR) is 138 cm³/mol. The molecule has 0 aromatic heterocycles. The number of aliphatic hydroxyl groups is 4. The van der Waals surface area contributed by atoms with E-state index in [1.807, 2.05) is 19.9 Å². The molecule has 0 radical (unpaired) electrons. The molecule has 0 spiro atoms.